The average Bonchev–Trinajstić information content (AvgIpc) is 3.00. The van der Waals surface area contributed by atoms with Crippen LogP contribution in [0.25, 0.3) is 0 Å². The lowest BCUT2D eigenvalue weighted by molar-refractivity contribution is 0.0716. The maximum Gasteiger partial charge on any atom is 0.344 e. The summed E-state index contributed by atoms with van der Waals surface area (Å²) in [4.78, 5) is 13.6. The minimum atomic E-state index is -0.481. The molecular weight excluding hydrogens is 292 g/mol. The van der Waals surface area contributed by atoms with Crippen molar-refractivity contribution >= 4 is 11.9 Å². The maximum atomic E-state index is 12.3. The van der Waals surface area contributed by atoms with E-state index in [4.69, 9.17) is 4.74 Å². The van der Waals surface area contributed by atoms with Gasteiger partial charge in [0.25, 0.3) is 0 Å². The van der Waals surface area contributed by atoms with Gasteiger partial charge < -0.3 is 4.74 Å². The van der Waals surface area contributed by atoms with E-state index in [1.807, 2.05) is 43.3 Å². The Bertz CT molecular complexity index is 826. The molecule has 0 aliphatic rings. The third-order valence-corrected chi connectivity index (χ3v) is 3.10. The molecule has 0 saturated carbocycles. The molecule has 3 aromatic rings. The Hall–Kier alpha value is -3.28. The minimum absolute atomic E-state index is 0.160. The highest BCUT2D eigenvalue weighted by molar-refractivity contribution is 6.04. The quantitative estimate of drug-likeness (QED) is 0.424. The van der Waals surface area contributed by atoms with Crippen LogP contribution in [0.4, 0.5) is 0 Å². The van der Waals surface area contributed by atoms with Crippen LogP contribution >= 0.6 is 0 Å². The third-order valence-electron chi connectivity index (χ3n) is 3.10. The summed E-state index contributed by atoms with van der Waals surface area (Å²) >= 11 is 0. The van der Waals surface area contributed by atoms with Crippen LogP contribution in [0.1, 0.15) is 21.6 Å². The highest BCUT2D eigenvalue weighted by Crippen LogP contribution is 2.08. The molecule has 114 valence electrons. The Labute approximate surface area is 133 Å². The largest absolute Gasteiger partial charge is 0.402 e. The summed E-state index contributed by atoms with van der Waals surface area (Å²) in [7, 11) is 0. The smallest absolute Gasteiger partial charge is 0.344 e. The van der Waals surface area contributed by atoms with E-state index in [2.05, 4.69) is 15.4 Å². The van der Waals surface area contributed by atoms with Gasteiger partial charge >= 0.3 is 5.97 Å². The summed E-state index contributed by atoms with van der Waals surface area (Å²) in [5, 5.41) is 11.9. The first kappa shape index (κ1) is 14.6. The minimum Gasteiger partial charge on any atom is -0.402 e. The zero-order valence-electron chi connectivity index (χ0n) is 12.5. The van der Waals surface area contributed by atoms with Crippen molar-refractivity contribution in [3.05, 3.63) is 83.7 Å². The molecule has 0 radical (unpaired) electrons. The van der Waals surface area contributed by atoms with Gasteiger partial charge in [-0.15, -0.1) is 15.0 Å². The number of rotatable bonds is 3. The van der Waals surface area contributed by atoms with Gasteiger partial charge in [-0.25, -0.2) is 4.79 Å². The van der Waals surface area contributed by atoms with Crippen molar-refractivity contribution in [1.29, 1.82) is 0 Å². The number of ether oxygens (including phenoxy) is 1. The summed E-state index contributed by atoms with van der Waals surface area (Å²) < 4.78 is 5.47. The van der Waals surface area contributed by atoms with Crippen molar-refractivity contribution in [2.45, 2.75) is 6.92 Å². The fourth-order valence-corrected chi connectivity index (χ4v) is 1.90. The normalized spacial score (nSPS) is 11.3. The molecule has 0 N–H and O–H groups in total. The highest BCUT2D eigenvalue weighted by atomic mass is 16.5. The van der Waals surface area contributed by atoms with Crippen LogP contribution in [0.15, 0.2) is 72.0 Å². The molecule has 0 fully saturated rings. The summed E-state index contributed by atoms with van der Waals surface area (Å²) in [6.07, 6.45) is 1.57. The summed E-state index contributed by atoms with van der Waals surface area (Å²) in [5.41, 5.74) is 1.85. The summed E-state index contributed by atoms with van der Waals surface area (Å²) in [5.74, 6) is -0.320. The number of carbonyl (C=O) groups is 1. The first-order valence-electron chi connectivity index (χ1n) is 7.03. The van der Waals surface area contributed by atoms with Crippen LogP contribution in [-0.2, 0) is 4.74 Å². The zero-order chi connectivity index (χ0) is 16.1. The van der Waals surface area contributed by atoms with Crippen molar-refractivity contribution in [3.63, 3.8) is 0 Å². The molecular formula is C17H14N4O2. The second-order valence-corrected chi connectivity index (χ2v) is 4.79. The van der Waals surface area contributed by atoms with E-state index >= 15 is 0 Å². The number of carbonyl (C=O) groups excluding carboxylic acids is 1. The Morgan fingerprint density at radius 2 is 1.61 bits per heavy atom. The Morgan fingerprint density at radius 1 is 1.00 bits per heavy atom. The van der Waals surface area contributed by atoms with Gasteiger partial charge in [-0.1, -0.05) is 36.4 Å². The standard InChI is InChI=1S/C17H14N4O2/c1-13-12-18-20-21(13)19-16(14-8-4-2-5-9-14)23-17(22)15-10-6-3-7-11-15/h2-12H,1H3/b19-16-. The number of aryl methyl sites for hydroxylation is 1. The Balaban J connectivity index is 1.95. The topological polar surface area (TPSA) is 69.4 Å². The fourth-order valence-electron chi connectivity index (χ4n) is 1.90. The van der Waals surface area contributed by atoms with Crippen LogP contribution in [0, 0.1) is 6.92 Å². The van der Waals surface area contributed by atoms with Crippen LogP contribution in [0.3, 0.4) is 0 Å². The van der Waals surface area contributed by atoms with E-state index in [1.165, 1.54) is 4.79 Å². The lowest BCUT2D eigenvalue weighted by atomic mass is 10.2. The van der Waals surface area contributed by atoms with Gasteiger partial charge in [0.2, 0.25) is 5.90 Å². The van der Waals surface area contributed by atoms with Gasteiger partial charge in [0, 0.05) is 5.56 Å². The molecule has 1 aromatic heterocycles. The number of benzene rings is 2. The summed E-state index contributed by atoms with van der Waals surface area (Å²) in [6.45, 7) is 1.81. The average molecular weight is 306 g/mol. The lowest BCUT2D eigenvalue weighted by Gasteiger charge is -2.08. The number of hydrogen-bond donors (Lipinski definition) is 0. The molecule has 0 aliphatic heterocycles. The molecule has 6 heteroatoms. The number of aromatic nitrogens is 3. The second-order valence-electron chi connectivity index (χ2n) is 4.79. The van der Waals surface area contributed by atoms with E-state index in [1.54, 1.807) is 30.5 Å². The first-order chi connectivity index (χ1) is 11.2. The van der Waals surface area contributed by atoms with Crippen molar-refractivity contribution in [2.24, 2.45) is 5.10 Å². The SMILES string of the molecule is Cc1cnnn1/N=C(\OC(=O)c1ccccc1)c1ccccc1. The van der Waals surface area contributed by atoms with Crippen LogP contribution in [-0.4, -0.2) is 27.0 Å². The fraction of sp³-hybridized carbons (Fsp3) is 0.0588. The van der Waals surface area contributed by atoms with Crippen molar-refractivity contribution in [3.8, 4) is 0 Å². The molecule has 0 aliphatic carbocycles. The van der Waals surface area contributed by atoms with Crippen LogP contribution in [0.5, 0.6) is 0 Å². The van der Waals surface area contributed by atoms with Crippen molar-refractivity contribution in [1.82, 2.24) is 15.1 Å². The van der Waals surface area contributed by atoms with E-state index in [9.17, 15) is 4.79 Å². The summed E-state index contributed by atoms with van der Waals surface area (Å²) in [6, 6.07) is 17.9. The number of nitrogens with zero attached hydrogens (tertiary/aromatic N) is 4. The Morgan fingerprint density at radius 3 is 2.17 bits per heavy atom. The Kier molecular flexibility index (Phi) is 4.24. The van der Waals surface area contributed by atoms with Gasteiger partial charge in [0.15, 0.2) is 0 Å². The van der Waals surface area contributed by atoms with Gasteiger partial charge in [-0.3, -0.25) is 0 Å². The van der Waals surface area contributed by atoms with E-state index in [-0.39, 0.29) is 5.90 Å². The molecule has 0 spiro atoms. The molecule has 23 heavy (non-hydrogen) atoms. The van der Waals surface area contributed by atoms with E-state index < -0.39 is 5.97 Å². The van der Waals surface area contributed by atoms with E-state index in [0.29, 0.717) is 11.1 Å². The molecule has 0 saturated heterocycles. The number of hydrogen-bond acceptors (Lipinski definition) is 5. The first-order valence-corrected chi connectivity index (χ1v) is 7.03. The molecule has 1 heterocycles. The molecule has 0 atom stereocenters. The maximum absolute atomic E-state index is 12.3. The van der Waals surface area contributed by atoms with Gasteiger partial charge in [0.05, 0.1) is 17.5 Å². The highest BCUT2D eigenvalue weighted by Gasteiger charge is 2.14. The van der Waals surface area contributed by atoms with Gasteiger partial charge in [-0.05, 0) is 36.4 Å². The predicted octanol–water partition coefficient (Wildman–Crippen LogP) is 2.65. The monoisotopic (exact) mass is 306 g/mol. The van der Waals surface area contributed by atoms with Gasteiger partial charge in [0.1, 0.15) is 0 Å². The number of esters is 1. The molecule has 3 rings (SSSR count). The van der Waals surface area contributed by atoms with Crippen LogP contribution in [0.2, 0.25) is 0 Å². The third kappa shape index (κ3) is 3.49. The zero-order valence-corrected chi connectivity index (χ0v) is 12.5. The van der Waals surface area contributed by atoms with Crippen molar-refractivity contribution in [2.75, 3.05) is 0 Å². The predicted molar refractivity (Wildman–Crippen MR) is 85.0 cm³/mol. The molecule has 0 bridgehead atoms. The second kappa shape index (κ2) is 6.65. The molecule has 0 amide bonds. The molecule has 6 nitrogen and oxygen atoms in total. The van der Waals surface area contributed by atoms with Gasteiger partial charge in [-0.2, -0.15) is 0 Å². The molecule has 0 unspecified atom stereocenters. The lowest BCUT2D eigenvalue weighted by Crippen LogP contribution is -2.16. The van der Waals surface area contributed by atoms with Crippen molar-refractivity contribution < 1.29 is 9.53 Å². The molecule has 2 aromatic carbocycles. The van der Waals surface area contributed by atoms with Crippen LogP contribution < -0.4 is 0 Å². The van der Waals surface area contributed by atoms with E-state index in [0.717, 1.165) is 5.69 Å².